The number of thioether (sulfide) groups is 1. The van der Waals surface area contributed by atoms with Crippen LogP contribution < -0.4 is 5.32 Å². The van der Waals surface area contributed by atoms with Crippen LogP contribution in [-0.2, 0) is 0 Å². The van der Waals surface area contributed by atoms with E-state index in [-0.39, 0.29) is 0 Å². The second-order valence-corrected chi connectivity index (χ2v) is 5.25. The molecule has 0 aromatic carbocycles. The van der Waals surface area contributed by atoms with E-state index in [4.69, 9.17) is 5.26 Å². The molecule has 12 heavy (non-hydrogen) atoms. The Balaban J connectivity index is 2.39. The van der Waals surface area contributed by atoms with Crippen molar-refractivity contribution in [2.45, 2.75) is 32.6 Å². The second kappa shape index (κ2) is 3.40. The summed E-state index contributed by atoms with van der Waals surface area (Å²) in [4.78, 5) is 0. The quantitative estimate of drug-likeness (QED) is 0.676. The Kier molecular flexibility index (Phi) is 2.69. The molecule has 0 amide bonds. The average Bonchev–Trinajstić information content (AvgIpc) is 2.32. The van der Waals surface area contributed by atoms with E-state index in [1.165, 1.54) is 0 Å². The summed E-state index contributed by atoms with van der Waals surface area (Å²) in [6, 6.07) is 2.11. The van der Waals surface area contributed by atoms with Gasteiger partial charge in [-0.15, -0.1) is 11.8 Å². The van der Waals surface area contributed by atoms with E-state index < -0.39 is 0 Å². The van der Waals surface area contributed by atoms with Crippen LogP contribution in [-0.4, -0.2) is 5.37 Å². The maximum absolute atomic E-state index is 8.59. The third-order valence-corrected chi connectivity index (χ3v) is 2.57. The van der Waals surface area contributed by atoms with E-state index in [1.54, 1.807) is 11.8 Å². The number of nitrogens with one attached hydrogen (secondary N) is 1. The molecule has 1 N–H and O–H groups in total. The Bertz CT molecular complexity index is 232. The largest absolute Gasteiger partial charge is 0.364 e. The maximum atomic E-state index is 8.59. The Morgan fingerprint density at radius 2 is 2.33 bits per heavy atom. The average molecular weight is 182 g/mol. The van der Waals surface area contributed by atoms with Gasteiger partial charge in [0.25, 0.3) is 0 Å². The van der Waals surface area contributed by atoms with Crippen LogP contribution in [0.5, 0.6) is 0 Å². The number of nitrogens with zero attached hydrogens (tertiary/aromatic N) is 1. The van der Waals surface area contributed by atoms with Crippen molar-refractivity contribution in [2.75, 3.05) is 0 Å². The molecule has 1 rings (SSSR count). The molecular weight excluding hydrogens is 168 g/mol. The molecule has 0 saturated carbocycles. The van der Waals surface area contributed by atoms with Gasteiger partial charge in [0.15, 0.2) is 0 Å². The molecule has 0 radical (unpaired) electrons. The standard InChI is InChI=1S/C9H14N2S/c1-9(2,3)4-8-11-7(5-10)6-12-8/h6,8,11H,4H2,1-3H3. The molecule has 1 heterocycles. The smallest absolute Gasteiger partial charge is 0.120 e. The monoisotopic (exact) mass is 182 g/mol. The lowest BCUT2D eigenvalue weighted by molar-refractivity contribution is 0.364. The fourth-order valence-electron chi connectivity index (χ4n) is 1.11. The van der Waals surface area contributed by atoms with Crippen LogP contribution in [0.2, 0.25) is 0 Å². The number of hydrogen-bond acceptors (Lipinski definition) is 3. The molecule has 2 nitrogen and oxygen atoms in total. The minimum atomic E-state index is 0.323. The SMILES string of the molecule is CC(C)(C)CC1NC(C#N)=CS1. The van der Waals surface area contributed by atoms with Crippen molar-refractivity contribution in [1.82, 2.24) is 5.32 Å². The highest BCUT2D eigenvalue weighted by Crippen LogP contribution is 2.30. The van der Waals surface area contributed by atoms with Crippen LogP contribution in [0, 0.1) is 16.7 Å². The van der Waals surface area contributed by atoms with Crippen molar-refractivity contribution in [3.05, 3.63) is 11.1 Å². The summed E-state index contributed by atoms with van der Waals surface area (Å²) in [6.45, 7) is 6.62. The van der Waals surface area contributed by atoms with E-state index in [1.807, 2.05) is 5.41 Å². The minimum Gasteiger partial charge on any atom is -0.364 e. The fraction of sp³-hybridized carbons (Fsp3) is 0.667. The van der Waals surface area contributed by atoms with E-state index in [2.05, 4.69) is 32.2 Å². The number of allylic oxidation sites excluding steroid dienone is 1. The van der Waals surface area contributed by atoms with Crippen molar-refractivity contribution in [2.24, 2.45) is 5.41 Å². The molecule has 0 fully saturated rings. The van der Waals surface area contributed by atoms with E-state index >= 15 is 0 Å². The van der Waals surface area contributed by atoms with Gasteiger partial charge in [0.2, 0.25) is 0 Å². The lowest BCUT2D eigenvalue weighted by Crippen LogP contribution is -2.25. The molecule has 1 aliphatic heterocycles. The lowest BCUT2D eigenvalue weighted by atomic mass is 9.92. The lowest BCUT2D eigenvalue weighted by Gasteiger charge is -2.22. The topological polar surface area (TPSA) is 35.8 Å². The van der Waals surface area contributed by atoms with Gasteiger partial charge in [-0.2, -0.15) is 5.26 Å². The van der Waals surface area contributed by atoms with Gasteiger partial charge in [-0.25, -0.2) is 0 Å². The predicted molar refractivity (Wildman–Crippen MR) is 52.3 cm³/mol. The Morgan fingerprint density at radius 3 is 2.75 bits per heavy atom. The minimum absolute atomic E-state index is 0.323. The van der Waals surface area contributed by atoms with Gasteiger partial charge in [0.1, 0.15) is 11.8 Å². The summed E-state index contributed by atoms with van der Waals surface area (Å²) in [6.07, 6.45) is 1.08. The molecule has 0 bridgehead atoms. The highest BCUT2D eigenvalue weighted by molar-refractivity contribution is 8.02. The highest BCUT2D eigenvalue weighted by atomic mass is 32.2. The second-order valence-electron chi connectivity index (χ2n) is 4.18. The van der Waals surface area contributed by atoms with Crippen LogP contribution in [0.25, 0.3) is 0 Å². The molecule has 0 aromatic heterocycles. The van der Waals surface area contributed by atoms with Gasteiger partial charge in [0, 0.05) is 5.41 Å². The summed E-state index contributed by atoms with van der Waals surface area (Å²) in [7, 11) is 0. The summed E-state index contributed by atoms with van der Waals surface area (Å²) in [5.74, 6) is 0. The Morgan fingerprint density at radius 1 is 1.67 bits per heavy atom. The first-order valence-electron chi connectivity index (χ1n) is 4.03. The van der Waals surface area contributed by atoms with Gasteiger partial charge in [0.05, 0.1) is 5.37 Å². The zero-order chi connectivity index (χ0) is 9.19. The van der Waals surface area contributed by atoms with E-state index in [0.29, 0.717) is 16.5 Å². The maximum Gasteiger partial charge on any atom is 0.120 e. The summed E-state index contributed by atoms with van der Waals surface area (Å²) in [5, 5.41) is 14.0. The summed E-state index contributed by atoms with van der Waals surface area (Å²) >= 11 is 1.71. The third kappa shape index (κ3) is 2.78. The molecule has 0 spiro atoms. The molecule has 0 aliphatic carbocycles. The molecule has 1 aliphatic rings. The summed E-state index contributed by atoms with van der Waals surface area (Å²) in [5.41, 5.74) is 1.03. The predicted octanol–water partition coefficient (Wildman–Crippen LogP) is 2.45. The first-order chi connectivity index (χ1) is 5.51. The number of rotatable bonds is 1. The highest BCUT2D eigenvalue weighted by Gasteiger charge is 2.22. The molecule has 0 saturated heterocycles. The molecular formula is C9H14N2S. The van der Waals surface area contributed by atoms with Crippen molar-refractivity contribution in [1.29, 1.82) is 5.26 Å². The van der Waals surface area contributed by atoms with Crippen molar-refractivity contribution in [3.63, 3.8) is 0 Å². The van der Waals surface area contributed by atoms with Gasteiger partial charge >= 0.3 is 0 Å². The zero-order valence-electron chi connectivity index (χ0n) is 7.72. The van der Waals surface area contributed by atoms with Crippen LogP contribution in [0.1, 0.15) is 27.2 Å². The molecule has 1 atom stereocenters. The van der Waals surface area contributed by atoms with Crippen LogP contribution >= 0.6 is 11.8 Å². The van der Waals surface area contributed by atoms with Gasteiger partial charge in [-0.1, -0.05) is 20.8 Å². The third-order valence-electron chi connectivity index (χ3n) is 1.58. The molecule has 0 aromatic rings. The van der Waals surface area contributed by atoms with E-state index in [0.717, 1.165) is 6.42 Å². The molecule has 1 unspecified atom stereocenters. The van der Waals surface area contributed by atoms with E-state index in [9.17, 15) is 0 Å². The van der Waals surface area contributed by atoms with Crippen LogP contribution in [0.15, 0.2) is 11.1 Å². The Hall–Kier alpha value is -0.620. The number of hydrogen-bond donors (Lipinski definition) is 1. The van der Waals surface area contributed by atoms with Crippen LogP contribution in [0.3, 0.4) is 0 Å². The van der Waals surface area contributed by atoms with Gasteiger partial charge in [-0.3, -0.25) is 0 Å². The first-order valence-corrected chi connectivity index (χ1v) is 4.98. The fourth-order valence-corrected chi connectivity index (χ4v) is 2.32. The van der Waals surface area contributed by atoms with Gasteiger partial charge in [-0.05, 0) is 11.8 Å². The molecule has 66 valence electrons. The van der Waals surface area contributed by atoms with Crippen molar-refractivity contribution >= 4 is 11.8 Å². The number of nitriles is 1. The first kappa shape index (κ1) is 9.47. The summed E-state index contributed by atoms with van der Waals surface area (Å²) < 4.78 is 0. The van der Waals surface area contributed by atoms with Crippen LogP contribution in [0.4, 0.5) is 0 Å². The van der Waals surface area contributed by atoms with Crippen molar-refractivity contribution in [3.8, 4) is 6.07 Å². The normalized spacial score (nSPS) is 22.8. The van der Waals surface area contributed by atoms with Gasteiger partial charge < -0.3 is 5.32 Å². The Labute approximate surface area is 78.0 Å². The zero-order valence-corrected chi connectivity index (χ0v) is 8.53. The van der Waals surface area contributed by atoms with Crippen molar-refractivity contribution < 1.29 is 0 Å². The molecule has 3 heteroatoms.